The summed E-state index contributed by atoms with van der Waals surface area (Å²) in [6, 6.07) is 9.96. The van der Waals surface area contributed by atoms with Crippen molar-refractivity contribution in [3.8, 4) is 5.75 Å². The van der Waals surface area contributed by atoms with Crippen LogP contribution in [0.25, 0.3) is 0 Å². The maximum atomic E-state index is 12.8. The summed E-state index contributed by atoms with van der Waals surface area (Å²) in [7, 11) is 1.59. The number of carbonyl (C=O) groups is 2. The molecule has 0 aliphatic carbocycles. The van der Waals surface area contributed by atoms with Crippen LogP contribution < -0.4 is 4.74 Å². The lowest BCUT2D eigenvalue weighted by molar-refractivity contribution is 0.0695. The van der Waals surface area contributed by atoms with Crippen molar-refractivity contribution < 1.29 is 19.4 Å². The number of aromatic nitrogens is 1. The fourth-order valence-corrected chi connectivity index (χ4v) is 2.50. The van der Waals surface area contributed by atoms with Crippen LogP contribution in [0.3, 0.4) is 0 Å². The normalized spacial score (nSPS) is 11.6. The number of carboxylic acids is 1. The van der Waals surface area contributed by atoms with Crippen LogP contribution in [-0.2, 0) is 0 Å². The lowest BCUT2D eigenvalue weighted by Gasteiger charge is -2.28. The highest BCUT2D eigenvalue weighted by atomic mass is 16.5. The van der Waals surface area contributed by atoms with E-state index in [-0.39, 0.29) is 23.2 Å². The van der Waals surface area contributed by atoms with Crippen molar-refractivity contribution >= 4 is 11.9 Å². The Kier molecular flexibility index (Phi) is 5.52. The van der Waals surface area contributed by atoms with E-state index in [0.717, 1.165) is 5.56 Å². The van der Waals surface area contributed by atoms with E-state index in [9.17, 15) is 9.59 Å². The monoisotopic (exact) mass is 328 g/mol. The van der Waals surface area contributed by atoms with Crippen LogP contribution in [0.4, 0.5) is 0 Å². The Balaban J connectivity index is 2.31. The molecule has 0 radical (unpaired) electrons. The predicted molar refractivity (Wildman–Crippen MR) is 89.3 cm³/mol. The van der Waals surface area contributed by atoms with Gasteiger partial charge in [-0.1, -0.05) is 12.1 Å². The third-order valence-corrected chi connectivity index (χ3v) is 3.87. The van der Waals surface area contributed by atoms with Gasteiger partial charge in [0.15, 0.2) is 0 Å². The van der Waals surface area contributed by atoms with Gasteiger partial charge in [-0.05, 0) is 43.7 Å². The minimum atomic E-state index is -1.09. The van der Waals surface area contributed by atoms with Gasteiger partial charge in [-0.3, -0.25) is 9.78 Å². The summed E-state index contributed by atoms with van der Waals surface area (Å²) in [6.45, 7) is 4.25. The molecule has 1 aromatic carbocycles. The van der Waals surface area contributed by atoms with Gasteiger partial charge in [0.1, 0.15) is 11.4 Å². The molecule has 0 aliphatic heterocycles. The molecule has 1 unspecified atom stereocenters. The number of rotatable bonds is 6. The van der Waals surface area contributed by atoms with Crippen LogP contribution in [0.1, 0.15) is 46.3 Å². The fourth-order valence-electron chi connectivity index (χ4n) is 2.50. The van der Waals surface area contributed by atoms with Crippen LogP contribution in [0.15, 0.2) is 42.6 Å². The molecule has 0 saturated heterocycles. The van der Waals surface area contributed by atoms with Gasteiger partial charge in [-0.25, -0.2) is 4.79 Å². The average Bonchev–Trinajstić information content (AvgIpc) is 2.62. The highest BCUT2D eigenvalue weighted by Gasteiger charge is 2.23. The molecule has 24 heavy (non-hydrogen) atoms. The zero-order chi connectivity index (χ0) is 17.7. The Hall–Kier alpha value is -2.89. The van der Waals surface area contributed by atoms with Crippen LogP contribution in [0.2, 0.25) is 0 Å². The molecule has 1 atom stereocenters. The molecule has 6 nitrogen and oxygen atoms in total. The summed E-state index contributed by atoms with van der Waals surface area (Å²) in [5, 5.41) is 9.07. The van der Waals surface area contributed by atoms with Crippen molar-refractivity contribution in [2.24, 2.45) is 0 Å². The second-order valence-corrected chi connectivity index (χ2v) is 5.28. The summed E-state index contributed by atoms with van der Waals surface area (Å²) < 4.78 is 5.22. The molecule has 0 aliphatic rings. The number of carboxylic acid groups (broad SMARTS) is 1. The Morgan fingerprint density at radius 3 is 2.67 bits per heavy atom. The van der Waals surface area contributed by atoms with E-state index in [1.54, 1.807) is 12.0 Å². The quantitative estimate of drug-likeness (QED) is 0.881. The Labute approximate surface area is 140 Å². The number of methoxy groups -OCH3 is 1. The molecule has 1 N–H and O–H groups in total. The van der Waals surface area contributed by atoms with E-state index in [4.69, 9.17) is 9.84 Å². The van der Waals surface area contributed by atoms with E-state index in [1.807, 2.05) is 38.1 Å². The third kappa shape index (κ3) is 3.71. The second-order valence-electron chi connectivity index (χ2n) is 5.28. The number of ether oxygens (including phenoxy) is 1. The number of hydrogen-bond donors (Lipinski definition) is 1. The zero-order valence-electron chi connectivity index (χ0n) is 13.9. The number of benzene rings is 1. The SMILES string of the molecule is CCN(C(=O)c1cc(C(=O)O)ccn1)C(C)c1cccc(OC)c1. The van der Waals surface area contributed by atoms with Gasteiger partial charge in [-0.15, -0.1) is 0 Å². The fraction of sp³-hybridized carbons (Fsp3) is 0.278. The lowest BCUT2D eigenvalue weighted by atomic mass is 10.1. The molecule has 1 aromatic heterocycles. The number of hydrogen-bond acceptors (Lipinski definition) is 4. The van der Waals surface area contributed by atoms with Crippen molar-refractivity contribution in [1.29, 1.82) is 0 Å². The topological polar surface area (TPSA) is 79.7 Å². The molecule has 6 heteroatoms. The molecule has 0 bridgehead atoms. The first-order valence-electron chi connectivity index (χ1n) is 7.62. The molecule has 2 aromatic rings. The van der Waals surface area contributed by atoms with Crippen molar-refractivity contribution in [3.63, 3.8) is 0 Å². The van der Waals surface area contributed by atoms with Gasteiger partial charge in [-0.2, -0.15) is 0 Å². The van der Waals surface area contributed by atoms with Gasteiger partial charge < -0.3 is 14.7 Å². The third-order valence-electron chi connectivity index (χ3n) is 3.87. The molecule has 0 spiro atoms. The van der Waals surface area contributed by atoms with Crippen molar-refractivity contribution in [1.82, 2.24) is 9.88 Å². The average molecular weight is 328 g/mol. The van der Waals surface area contributed by atoms with Crippen molar-refractivity contribution in [2.45, 2.75) is 19.9 Å². The smallest absolute Gasteiger partial charge is 0.335 e. The minimum absolute atomic E-state index is 0.0402. The number of nitrogens with zero attached hydrogens (tertiary/aromatic N) is 2. The summed E-state index contributed by atoms with van der Waals surface area (Å²) in [4.78, 5) is 29.5. The van der Waals surface area contributed by atoms with E-state index < -0.39 is 5.97 Å². The summed E-state index contributed by atoms with van der Waals surface area (Å²) in [5.41, 5.74) is 1.09. The minimum Gasteiger partial charge on any atom is -0.497 e. The van der Waals surface area contributed by atoms with E-state index in [1.165, 1.54) is 18.3 Å². The van der Waals surface area contributed by atoms with Crippen LogP contribution >= 0.6 is 0 Å². The maximum Gasteiger partial charge on any atom is 0.335 e. The first-order valence-corrected chi connectivity index (χ1v) is 7.62. The molecule has 1 amide bonds. The zero-order valence-corrected chi connectivity index (χ0v) is 13.9. The second kappa shape index (κ2) is 7.59. The number of pyridine rings is 1. The van der Waals surface area contributed by atoms with E-state index >= 15 is 0 Å². The predicted octanol–water partition coefficient (Wildman–Crippen LogP) is 3.01. The van der Waals surface area contributed by atoms with Crippen LogP contribution in [0, 0.1) is 0 Å². The van der Waals surface area contributed by atoms with Gasteiger partial charge in [0.05, 0.1) is 18.7 Å². The molecular weight excluding hydrogens is 308 g/mol. The van der Waals surface area contributed by atoms with E-state index in [2.05, 4.69) is 4.98 Å². The Morgan fingerprint density at radius 2 is 2.04 bits per heavy atom. The molecule has 0 fully saturated rings. The molecule has 2 rings (SSSR count). The van der Waals surface area contributed by atoms with Crippen LogP contribution in [0.5, 0.6) is 5.75 Å². The summed E-state index contributed by atoms with van der Waals surface area (Å²) in [6.07, 6.45) is 1.33. The highest BCUT2D eigenvalue weighted by Crippen LogP contribution is 2.25. The molecule has 0 saturated carbocycles. The molecular formula is C18H20N2O4. The number of amides is 1. The van der Waals surface area contributed by atoms with Crippen molar-refractivity contribution in [2.75, 3.05) is 13.7 Å². The largest absolute Gasteiger partial charge is 0.497 e. The molecule has 1 heterocycles. The molecule has 126 valence electrons. The first-order chi connectivity index (χ1) is 11.5. The summed E-state index contributed by atoms with van der Waals surface area (Å²) >= 11 is 0. The van der Waals surface area contributed by atoms with Gasteiger partial charge in [0.2, 0.25) is 0 Å². The van der Waals surface area contributed by atoms with Gasteiger partial charge in [0, 0.05) is 12.7 Å². The van der Waals surface area contributed by atoms with Gasteiger partial charge in [0.25, 0.3) is 5.91 Å². The maximum absolute atomic E-state index is 12.8. The lowest BCUT2D eigenvalue weighted by Crippen LogP contribution is -2.34. The number of carbonyl (C=O) groups excluding carboxylic acids is 1. The Bertz CT molecular complexity index is 745. The Morgan fingerprint density at radius 1 is 1.29 bits per heavy atom. The number of aromatic carboxylic acids is 1. The van der Waals surface area contributed by atoms with Gasteiger partial charge >= 0.3 is 5.97 Å². The highest BCUT2D eigenvalue weighted by molar-refractivity contribution is 5.96. The van der Waals surface area contributed by atoms with Crippen LogP contribution in [-0.4, -0.2) is 40.5 Å². The standard InChI is InChI=1S/C18H20N2O4/c1-4-20(12(2)13-6-5-7-15(10-13)24-3)17(21)16-11-14(18(22)23)8-9-19-16/h5-12H,4H2,1-3H3,(H,22,23). The summed E-state index contributed by atoms with van der Waals surface area (Å²) in [5.74, 6) is -0.680. The van der Waals surface area contributed by atoms with E-state index in [0.29, 0.717) is 12.3 Å². The van der Waals surface area contributed by atoms with Crippen molar-refractivity contribution in [3.05, 3.63) is 59.4 Å². The first kappa shape index (κ1) is 17.5.